The molecule has 0 amide bonds. The number of phenolic OH excluding ortho intramolecular Hbond substituents is 1. The Balaban J connectivity index is 1.29. The molecule has 6 heterocycles. The molecular formula is C32H33ClF2N6O2. The van der Waals surface area contributed by atoms with Crippen LogP contribution in [0.25, 0.3) is 22.2 Å². The van der Waals surface area contributed by atoms with Crippen LogP contribution in [0, 0.1) is 18.2 Å². The molecule has 3 aromatic rings. The summed E-state index contributed by atoms with van der Waals surface area (Å²) in [5.41, 5.74) is 0.979. The van der Waals surface area contributed by atoms with Crippen molar-refractivity contribution in [2.75, 3.05) is 37.7 Å². The lowest BCUT2D eigenvalue weighted by atomic mass is 9.95. The Kier molecular flexibility index (Phi) is 6.44. The third kappa shape index (κ3) is 4.59. The zero-order valence-corrected chi connectivity index (χ0v) is 24.5. The molecule has 4 saturated heterocycles. The van der Waals surface area contributed by atoms with E-state index in [9.17, 15) is 9.50 Å². The molecule has 5 aliphatic rings. The number of alkyl halides is 1. The molecule has 2 aromatic heterocycles. The first-order valence-electron chi connectivity index (χ1n) is 15.3. The highest BCUT2D eigenvalue weighted by Gasteiger charge is 2.49. The SMILES string of the molecule is C#Cc1nc(-c2cc(O)cc(Cl)c2C2CC2)c(F)c2nc(OC[C@@]34CCCN3C[C@H](F)C4)nc(N3CC4CCC(C3)N4)c12. The highest BCUT2D eigenvalue weighted by atomic mass is 35.5. The van der Waals surface area contributed by atoms with Gasteiger partial charge in [0.05, 0.1) is 10.9 Å². The zero-order valence-electron chi connectivity index (χ0n) is 23.8. The largest absolute Gasteiger partial charge is 0.508 e. The van der Waals surface area contributed by atoms with Crippen LogP contribution in [0.5, 0.6) is 11.8 Å². The van der Waals surface area contributed by atoms with Gasteiger partial charge in [-0.3, -0.25) is 4.90 Å². The van der Waals surface area contributed by atoms with Crippen molar-refractivity contribution < 1.29 is 18.6 Å². The maximum Gasteiger partial charge on any atom is 0.319 e. The average Bonchev–Trinajstić information content (AvgIpc) is 3.56. The number of phenols is 1. The Morgan fingerprint density at radius 1 is 1.14 bits per heavy atom. The highest BCUT2D eigenvalue weighted by molar-refractivity contribution is 6.32. The molecular weight excluding hydrogens is 574 g/mol. The molecule has 1 saturated carbocycles. The topological polar surface area (TPSA) is 86.6 Å². The molecule has 4 aliphatic heterocycles. The maximum absolute atomic E-state index is 16.8. The number of hydrogen-bond donors (Lipinski definition) is 2. The summed E-state index contributed by atoms with van der Waals surface area (Å²) in [7, 11) is 0. The van der Waals surface area contributed by atoms with Crippen LogP contribution in [0.4, 0.5) is 14.6 Å². The summed E-state index contributed by atoms with van der Waals surface area (Å²) < 4.78 is 37.5. The van der Waals surface area contributed by atoms with Crippen LogP contribution in [0.2, 0.25) is 5.02 Å². The van der Waals surface area contributed by atoms with E-state index in [-0.39, 0.29) is 41.2 Å². The number of terminal acetylenes is 1. The lowest BCUT2D eigenvalue weighted by Gasteiger charge is -2.35. The van der Waals surface area contributed by atoms with Gasteiger partial charge in [0.1, 0.15) is 41.3 Å². The Labute approximate surface area is 253 Å². The molecule has 2 N–H and O–H groups in total. The maximum atomic E-state index is 16.8. The number of ether oxygens (including phenoxy) is 1. The van der Waals surface area contributed by atoms with Gasteiger partial charge in [-0.15, -0.1) is 6.42 Å². The summed E-state index contributed by atoms with van der Waals surface area (Å²) in [5.74, 6) is 2.56. The van der Waals surface area contributed by atoms with E-state index < -0.39 is 17.5 Å². The van der Waals surface area contributed by atoms with Gasteiger partial charge < -0.3 is 20.1 Å². The number of pyridine rings is 1. The van der Waals surface area contributed by atoms with Gasteiger partial charge in [0.2, 0.25) is 0 Å². The van der Waals surface area contributed by atoms with Crippen molar-refractivity contribution in [3.63, 3.8) is 0 Å². The standard InChI is InChI=1S/C32H33ClF2N6O2/c1-2-24-26-29(27(35)28(37-24)22-10-21(42)11-23(33)25(22)17-4-5-17)38-31(39-30(26)40-14-19-6-7-20(15-40)36-19)43-16-32-8-3-9-41(32)13-18(34)12-32/h1,10-11,17-20,36,42H,3-9,12-16H2/t18-,19?,20?,32+/m1/s1. The molecule has 0 radical (unpaired) electrons. The van der Waals surface area contributed by atoms with E-state index in [1.165, 1.54) is 12.1 Å². The van der Waals surface area contributed by atoms with Crippen LogP contribution in [0.1, 0.15) is 62.1 Å². The predicted octanol–water partition coefficient (Wildman–Crippen LogP) is 4.94. The van der Waals surface area contributed by atoms with Crippen LogP contribution >= 0.6 is 11.6 Å². The van der Waals surface area contributed by atoms with Crippen LogP contribution in [0.15, 0.2) is 12.1 Å². The molecule has 224 valence electrons. The van der Waals surface area contributed by atoms with E-state index in [2.05, 4.69) is 31.0 Å². The number of aromatic hydroxyl groups is 1. The summed E-state index contributed by atoms with van der Waals surface area (Å²) in [6.07, 6.45) is 11.3. The molecule has 1 aliphatic carbocycles. The second-order valence-corrected chi connectivity index (χ2v) is 13.3. The van der Waals surface area contributed by atoms with Crippen LogP contribution in [-0.4, -0.2) is 81.5 Å². The molecule has 2 unspecified atom stereocenters. The highest BCUT2D eigenvalue weighted by Crippen LogP contribution is 2.49. The number of rotatable bonds is 6. The van der Waals surface area contributed by atoms with Gasteiger partial charge in [0.25, 0.3) is 0 Å². The van der Waals surface area contributed by atoms with Crippen molar-refractivity contribution in [3.8, 4) is 35.4 Å². The van der Waals surface area contributed by atoms with E-state index in [1.54, 1.807) is 0 Å². The number of nitrogens with one attached hydrogen (secondary N) is 1. The fourth-order valence-corrected chi connectivity index (χ4v) is 8.28. The van der Waals surface area contributed by atoms with Gasteiger partial charge in [-0.2, -0.15) is 9.97 Å². The monoisotopic (exact) mass is 606 g/mol. The number of hydrogen-bond acceptors (Lipinski definition) is 8. The van der Waals surface area contributed by atoms with Gasteiger partial charge in [-0.25, -0.2) is 13.8 Å². The lowest BCUT2D eigenvalue weighted by molar-refractivity contribution is 0.107. The molecule has 8 rings (SSSR count). The second kappa shape index (κ2) is 10.1. The van der Waals surface area contributed by atoms with E-state index >= 15 is 4.39 Å². The Morgan fingerprint density at radius 2 is 1.93 bits per heavy atom. The quantitative estimate of drug-likeness (QED) is 0.382. The van der Waals surface area contributed by atoms with Gasteiger partial charge >= 0.3 is 6.01 Å². The molecule has 4 atom stereocenters. The van der Waals surface area contributed by atoms with Crippen LogP contribution < -0.4 is 15.0 Å². The number of nitrogens with zero attached hydrogens (tertiary/aromatic N) is 5. The Bertz CT molecular complexity index is 1670. The first-order valence-corrected chi connectivity index (χ1v) is 15.6. The van der Waals surface area contributed by atoms with E-state index in [0.29, 0.717) is 59.9 Å². The minimum Gasteiger partial charge on any atom is -0.508 e. The average molecular weight is 607 g/mol. The van der Waals surface area contributed by atoms with Gasteiger partial charge in [-0.05, 0) is 74.6 Å². The number of anilines is 1. The van der Waals surface area contributed by atoms with Gasteiger partial charge in [-0.1, -0.05) is 11.6 Å². The van der Waals surface area contributed by atoms with Crippen molar-refractivity contribution in [2.45, 2.75) is 74.7 Å². The fourth-order valence-electron chi connectivity index (χ4n) is 7.91. The summed E-state index contributed by atoms with van der Waals surface area (Å²) in [5, 5.41) is 14.8. The summed E-state index contributed by atoms with van der Waals surface area (Å²) in [4.78, 5) is 18.4. The number of aromatic nitrogens is 3. The normalized spacial score (nSPS) is 28.4. The molecule has 8 nitrogen and oxygen atoms in total. The molecule has 5 fully saturated rings. The first kappa shape index (κ1) is 27.3. The van der Waals surface area contributed by atoms with Crippen LogP contribution in [-0.2, 0) is 0 Å². The van der Waals surface area contributed by atoms with Gasteiger partial charge in [0, 0.05) is 48.7 Å². The Hall–Kier alpha value is -3.26. The molecule has 1 aromatic carbocycles. The minimum atomic E-state index is -0.896. The van der Waals surface area contributed by atoms with Crippen molar-refractivity contribution in [1.29, 1.82) is 0 Å². The molecule has 2 bridgehead atoms. The number of fused-ring (bicyclic) bond motifs is 4. The molecule has 0 spiro atoms. The van der Waals surface area contributed by atoms with Crippen molar-refractivity contribution >= 4 is 28.3 Å². The summed E-state index contributed by atoms with van der Waals surface area (Å²) in [6.45, 7) is 2.83. The molecule has 43 heavy (non-hydrogen) atoms. The first-order chi connectivity index (χ1) is 20.8. The number of halogens is 3. The fraction of sp³-hybridized carbons (Fsp3) is 0.531. The van der Waals surface area contributed by atoms with Crippen molar-refractivity contribution in [3.05, 3.63) is 34.2 Å². The van der Waals surface area contributed by atoms with E-state index in [1.807, 2.05) is 0 Å². The third-order valence-corrected chi connectivity index (χ3v) is 10.3. The second-order valence-electron chi connectivity index (χ2n) is 12.9. The van der Waals surface area contributed by atoms with Gasteiger partial charge in [0.15, 0.2) is 5.82 Å². The van der Waals surface area contributed by atoms with E-state index in [4.69, 9.17) is 27.7 Å². The number of piperazine rings is 1. The smallest absolute Gasteiger partial charge is 0.319 e. The molecule has 11 heteroatoms. The van der Waals surface area contributed by atoms with Crippen molar-refractivity contribution in [1.82, 2.24) is 25.2 Å². The summed E-state index contributed by atoms with van der Waals surface area (Å²) >= 11 is 6.57. The lowest BCUT2D eigenvalue weighted by Crippen LogP contribution is -2.51. The summed E-state index contributed by atoms with van der Waals surface area (Å²) in [6, 6.07) is 3.59. The number of benzene rings is 1. The van der Waals surface area contributed by atoms with E-state index in [0.717, 1.165) is 50.6 Å². The van der Waals surface area contributed by atoms with Crippen molar-refractivity contribution in [2.24, 2.45) is 0 Å². The zero-order chi connectivity index (χ0) is 29.5. The minimum absolute atomic E-state index is 0.00671. The third-order valence-electron chi connectivity index (χ3n) is 9.98. The Morgan fingerprint density at radius 3 is 2.67 bits per heavy atom. The predicted molar refractivity (Wildman–Crippen MR) is 160 cm³/mol. The van der Waals surface area contributed by atoms with Crippen LogP contribution in [0.3, 0.4) is 0 Å².